The van der Waals surface area contributed by atoms with Crippen molar-refractivity contribution in [2.45, 2.75) is 58.7 Å². The molecule has 0 aliphatic carbocycles. The molecule has 5 heteroatoms. The zero-order chi connectivity index (χ0) is 17.6. The molecule has 3 N–H and O–H groups in total. The molecule has 1 rings (SSSR count). The highest BCUT2D eigenvalue weighted by atomic mass is 16.6. The van der Waals surface area contributed by atoms with E-state index < -0.39 is 17.8 Å². The van der Waals surface area contributed by atoms with E-state index in [4.69, 9.17) is 9.84 Å². The SMILES string of the molecule is C[C@@H](CO)C[C@@H](O)[C@@H](C)c1ccccc1NC(=O)OC(C)(C)C. The van der Waals surface area contributed by atoms with Gasteiger partial charge in [0.05, 0.1) is 6.10 Å². The summed E-state index contributed by atoms with van der Waals surface area (Å²) in [6.07, 6.45) is -0.618. The van der Waals surface area contributed by atoms with Gasteiger partial charge in [-0.1, -0.05) is 32.0 Å². The number of aliphatic hydroxyl groups is 2. The van der Waals surface area contributed by atoms with E-state index >= 15 is 0 Å². The topological polar surface area (TPSA) is 78.8 Å². The zero-order valence-corrected chi connectivity index (χ0v) is 14.7. The number of amides is 1. The van der Waals surface area contributed by atoms with Gasteiger partial charge < -0.3 is 14.9 Å². The van der Waals surface area contributed by atoms with Crippen LogP contribution in [-0.4, -0.2) is 34.6 Å². The molecule has 0 unspecified atom stereocenters. The Morgan fingerprint density at radius 3 is 2.43 bits per heavy atom. The lowest BCUT2D eigenvalue weighted by Gasteiger charge is -2.25. The second kappa shape index (κ2) is 8.31. The number of hydrogen-bond acceptors (Lipinski definition) is 4. The van der Waals surface area contributed by atoms with Crippen molar-refractivity contribution in [2.24, 2.45) is 5.92 Å². The number of hydrogen-bond donors (Lipinski definition) is 3. The Bertz CT molecular complexity index is 510. The predicted molar refractivity (Wildman–Crippen MR) is 91.6 cm³/mol. The van der Waals surface area contributed by atoms with Crippen molar-refractivity contribution in [3.05, 3.63) is 29.8 Å². The first kappa shape index (κ1) is 19.5. The standard InChI is InChI=1S/C18H29NO4/c1-12(11-20)10-16(21)13(2)14-8-6-7-9-15(14)19-17(22)23-18(3,4)5/h6-9,12-13,16,20-21H,10-11H2,1-5H3,(H,19,22)/t12-,13+,16-/m1/s1. The number of carbonyl (C=O) groups excluding carboxylic acids is 1. The van der Waals surface area contributed by atoms with Crippen LogP contribution in [0.1, 0.15) is 52.5 Å². The summed E-state index contributed by atoms with van der Waals surface area (Å²) in [7, 11) is 0. The molecule has 0 saturated heterocycles. The normalized spacial score (nSPS) is 15.6. The van der Waals surface area contributed by atoms with E-state index in [9.17, 15) is 9.90 Å². The van der Waals surface area contributed by atoms with Crippen LogP contribution < -0.4 is 5.32 Å². The fraction of sp³-hybridized carbons (Fsp3) is 0.611. The van der Waals surface area contributed by atoms with Crippen molar-refractivity contribution in [1.29, 1.82) is 0 Å². The summed E-state index contributed by atoms with van der Waals surface area (Å²) < 4.78 is 5.27. The Balaban J connectivity index is 2.86. The molecule has 0 spiro atoms. The van der Waals surface area contributed by atoms with Crippen molar-refractivity contribution in [3.63, 3.8) is 0 Å². The summed E-state index contributed by atoms with van der Waals surface area (Å²) in [6.45, 7) is 9.26. The van der Waals surface area contributed by atoms with Gasteiger partial charge in [0.15, 0.2) is 0 Å². The van der Waals surface area contributed by atoms with Crippen LogP contribution in [0.5, 0.6) is 0 Å². The van der Waals surface area contributed by atoms with Crippen molar-refractivity contribution in [3.8, 4) is 0 Å². The van der Waals surface area contributed by atoms with E-state index in [0.717, 1.165) is 5.56 Å². The van der Waals surface area contributed by atoms with Gasteiger partial charge in [-0.2, -0.15) is 0 Å². The molecule has 0 saturated carbocycles. The van der Waals surface area contributed by atoms with Crippen LogP contribution in [0.25, 0.3) is 0 Å². The second-order valence-corrected chi connectivity index (χ2v) is 7.09. The lowest BCUT2D eigenvalue weighted by Crippen LogP contribution is -2.28. The van der Waals surface area contributed by atoms with Gasteiger partial charge in [-0.05, 0) is 44.7 Å². The number of aliphatic hydroxyl groups excluding tert-OH is 2. The van der Waals surface area contributed by atoms with Gasteiger partial charge in [0.25, 0.3) is 0 Å². The van der Waals surface area contributed by atoms with Crippen molar-refractivity contribution in [2.75, 3.05) is 11.9 Å². The first-order valence-corrected chi connectivity index (χ1v) is 8.02. The third kappa shape index (κ3) is 6.59. The van der Waals surface area contributed by atoms with Crippen molar-refractivity contribution >= 4 is 11.8 Å². The number of anilines is 1. The van der Waals surface area contributed by atoms with E-state index in [-0.39, 0.29) is 18.4 Å². The van der Waals surface area contributed by atoms with E-state index in [1.807, 2.05) is 32.0 Å². The number of ether oxygens (including phenoxy) is 1. The highest BCUT2D eigenvalue weighted by Crippen LogP contribution is 2.29. The number of para-hydroxylation sites is 1. The van der Waals surface area contributed by atoms with Gasteiger partial charge in [-0.3, -0.25) is 5.32 Å². The zero-order valence-electron chi connectivity index (χ0n) is 14.7. The first-order chi connectivity index (χ1) is 10.6. The maximum Gasteiger partial charge on any atom is 0.412 e. The van der Waals surface area contributed by atoms with Crippen LogP contribution in [0.3, 0.4) is 0 Å². The Morgan fingerprint density at radius 1 is 1.26 bits per heavy atom. The largest absolute Gasteiger partial charge is 0.444 e. The van der Waals surface area contributed by atoms with E-state index in [1.165, 1.54) is 0 Å². The highest BCUT2D eigenvalue weighted by molar-refractivity contribution is 5.86. The number of benzene rings is 1. The molecular formula is C18H29NO4. The third-order valence-electron chi connectivity index (χ3n) is 3.62. The number of nitrogens with one attached hydrogen (secondary N) is 1. The molecular weight excluding hydrogens is 294 g/mol. The Morgan fingerprint density at radius 2 is 1.87 bits per heavy atom. The molecule has 0 aromatic heterocycles. The van der Waals surface area contributed by atoms with Crippen molar-refractivity contribution < 1.29 is 19.7 Å². The Hall–Kier alpha value is -1.59. The van der Waals surface area contributed by atoms with E-state index in [2.05, 4.69) is 5.32 Å². The summed E-state index contributed by atoms with van der Waals surface area (Å²) in [5.74, 6) is -0.145. The summed E-state index contributed by atoms with van der Waals surface area (Å²) in [6, 6.07) is 7.36. The fourth-order valence-corrected chi connectivity index (χ4v) is 2.32. The molecule has 0 aliphatic rings. The average Bonchev–Trinajstić information content (AvgIpc) is 2.44. The monoisotopic (exact) mass is 323 g/mol. The van der Waals surface area contributed by atoms with E-state index in [1.54, 1.807) is 26.8 Å². The molecule has 130 valence electrons. The van der Waals surface area contributed by atoms with Gasteiger partial charge in [-0.25, -0.2) is 4.79 Å². The van der Waals surface area contributed by atoms with E-state index in [0.29, 0.717) is 12.1 Å². The average molecular weight is 323 g/mol. The second-order valence-electron chi connectivity index (χ2n) is 7.09. The van der Waals surface area contributed by atoms with Crippen LogP contribution >= 0.6 is 0 Å². The summed E-state index contributed by atoms with van der Waals surface area (Å²) in [4.78, 5) is 12.0. The molecule has 0 radical (unpaired) electrons. The van der Waals surface area contributed by atoms with Gasteiger partial charge in [-0.15, -0.1) is 0 Å². The Labute approximate surface area is 138 Å². The fourth-order valence-electron chi connectivity index (χ4n) is 2.32. The van der Waals surface area contributed by atoms with Crippen LogP contribution in [0.4, 0.5) is 10.5 Å². The molecule has 0 aliphatic heterocycles. The van der Waals surface area contributed by atoms with Gasteiger partial charge in [0, 0.05) is 18.2 Å². The van der Waals surface area contributed by atoms with Crippen LogP contribution in [0.2, 0.25) is 0 Å². The summed E-state index contributed by atoms with van der Waals surface area (Å²) >= 11 is 0. The van der Waals surface area contributed by atoms with Crippen LogP contribution in [-0.2, 0) is 4.74 Å². The molecule has 1 aromatic rings. The molecule has 0 fully saturated rings. The minimum atomic E-state index is -0.598. The number of carbonyl (C=O) groups is 1. The minimum absolute atomic E-state index is 0.0263. The molecule has 5 nitrogen and oxygen atoms in total. The summed E-state index contributed by atoms with van der Waals surface area (Å²) in [5, 5.41) is 22.2. The molecule has 0 bridgehead atoms. The highest BCUT2D eigenvalue weighted by Gasteiger charge is 2.23. The smallest absolute Gasteiger partial charge is 0.412 e. The lowest BCUT2D eigenvalue weighted by molar-refractivity contribution is 0.0635. The van der Waals surface area contributed by atoms with Gasteiger partial charge in [0.2, 0.25) is 0 Å². The summed E-state index contributed by atoms with van der Waals surface area (Å²) in [5.41, 5.74) is 0.904. The van der Waals surface area contributed by atoms with Gasteiger partial charge >= 0.3 is 6.09 Å². The predicted octanol–water partition coefficient (Wildman–Crippen LogP) is 3.52. The maximum absolute atomic E-state index is 12.0. The third-order valence-corrected chi connectivity index (χ3v) is 3.62. The van der Waals surface area contributed by atoms with Crippen molar-refractivity contribution in [1.82, 2.24) is 0 Å². The molecule has 0 heterocycles. The molecule has 1 amide bonds. The first-order valence-electron chi connectivity index (χ1n) is 8.02. The molecule has 23 heavy (non-hydrogen) atoms. The molecule has 1 aromatic carbocycles. The quantitative estimate of drug-likeness (QED) is 0.748. The minimum Gasteiger partial charge on any atom is -0.444 e. The number of rotatable bonds is 6. The molecule has 3 atom stereocenters. The van der Waals surface area contributed by atoms with Crippen LogP contribution in [0, 0.1) is 5.92 Å². The maximum atomic E-state index is 12.0. The van der Waals surface area contributed by atoms with Gasteiger partial charge in [0.1, 0.15) is 5.60 Å². The van der Waals surface area contributed by atoms with Crippen LogP contribution in [0.15, 0.2) is 24.3 Å². The Kier molecular flexibility index (Phi) is 7.03. The lowest BCUT2D eigenvalue weighted by atomic mass is 9.89.